The number of halogens is 2. The van der Waals surface area contributed by atoms with E-state index in [2.05, 4.69) is 5.10 Å². The number of aryl methyl sites for hydroxylation is 1. The molecule has 0 bridgehead atoms. The molecule has 2 N–H and O–H groups in total. The first-order valence-corrected chi connectivity index (χ1v) is 9.89. The van der Waals surface area contributed by atoms with Crippen LogP contribution in [-0.4, -0.2) is 26.5 Å². The first kappa shape index (κ1) is 20.1. The van der Waals surface area contributed by atoms with Gasteiger partial charge in [0.05, 0.1) is 6.04 Å². The quantitative estimate of drug-likeness (QED) is 0.676. The number of rotatable bonds is 5. The predicted octanol–water partition coefficient (Wildman–Crippen LogP) is 3.64. The summed E-state index contributed by atoms with van der Waals surface area (Å²) in [5.41, 5.74) is 8.14. The van der Waals surface area contributed by atoms with Gasteiger partial charge in [0.2, 0.25) is 5.91 Å². The third-order valence-electron chi connectivity index (χ3n) is 5.52. The maximum atomic E-state index is 14.5. The Hall–Kier alpha value is -3.19. The lowest BCUT2D eigenvalue weighted by Crippen LogP contribution is -2.35. The smallest absolute Gasteiger partial charge is 0.272 e. The van der Waals surface area contributed by atoms with Crippen molar-refractivity contribution >= 4 is 23.4 Å². The summed E-state index contributed by atoms with van der Waals surface area (Å²) < 4.78 is 16.0. The minimum atomic E-state index is -0.570. The van der Waals surface area contributed by atoms with Crippen LogP contribution >= 0.6 is 11.6 Å². The van der Waals surface area contributed by atoms with E-state index in [0.717, 1.165) is 0 Å². The Morgan fingerprint density at radius 1 is 1.30 bits per heavy atom. The van der Waals surface area contributed by atoms with Crippen LogP contribution in [0.15, 0.2) is 48.7 Å². The van der Waals surface area contributed by atoms with Gasteiger partial charge >= 0.3 is 0 Å². The van der Waals surface area contributed by atoms with Crippen LogP contribution in [0.25, 0.3) is 0 Å². The van der Waals surface area contributed by atoms with Crippen LogP contribution in [0, 0.1) is 5.82 Å². The zero-order valence-electron chi connectivity index (χ0n) is 16.3. The van der Waals surface area contributed by atoms with Gasteiger partial charge in [0, 0.05) is 30.4 Å². The van der Waals surface area contributed by atoms with Crippen molar-refractivity contribution in [3.8, 4) is 0 Å². The number of primary amides is 1. The standard InChI is InChI=1S/C22H20ClFN4O2/c1-27-20(8-9-26-27)22(30)28(12-13-4-2-3-5-15(13)21(25)29)19-7-6-16-17(19)10-14(23)11-18(16)24/h2-5,8-11,19H,6-7,12H2,1H3,(H2,25,29)/t19-/m1/s1. The van der Waals surface area contributed by atoms with Crippen LogP contribution in [0.5, 0.6) is 0 Å². The second-order valence-corrected chi connectivity index (χ2v) is 7.74. The van der Waals surface area contributed by atoms with E-state index in [1.165, 1.54) is 10.7 Å². The lowest BCUT2D eigenvalue weighted by molar-refractivity contribution is 0.0644. The van der Waals surface area contributed by atoms with Gasteiger partial charge in [-0.15, -0.1) is 0 Å². The third kappa shape index (κ3) is 3.57. The summed E-state index contributed by atoms with van der Waals surface area (Å²) in [7, 11) is 1.68. The van der Waals surface area contributed by atoms with Gasteiger partial charge in [-0.1, -0.05) is 29.8 Å². The second kappa shape index (κ2) is 7.91. The highest BCUT2D eigenvalue weighted by atomic mass is 35.5. The fourth-order valence-corrected chi connectivity index (χ4v) is 4.29. The van der Waals surface area contributed by atoms with Gasteiger partial charge in [0.1, 0.15) is 11.5 Å². The van der Waals surface area contributed by atoms with Crippen LogP contribution in [0.4, 0.5) is 4.39 Å². The maximum absolute atomic E-state index is 14.5. The topological polar surface area (TPSA) is 81.2 Å². The SMILES string of the molecule is Cn1nccc1C(=O)N(Cc1ccccc1C(N)=O)[C@@H]1CCc2c(F)cc(Cl)cc21. The van der Waals surface area contributed by atoms with E-state index in [1.54, 1.807) is 54.5 Å². The summed E-state index contributed by atoms with van der Waals surface area (Å²) in [6, 6.07) is 11.1. The van der Waals surface area contributed by atoms with Crippen molar-refractivity contribution < 1.29 is 14.0 Å². The predicted molar refractivity (Wildman–Crippen MR) is 111 cm³/mol. The van der Waals surface area contributed by atoms with Crippen LogP contribution in [-0.2, 0) is 20.0 Å². The van der Waals surface area contributed by atoms with Gasteiger partial charge < -0.3 is 10.6 Å². The van der Waals surface area contributed by atoms with Gasteiger partial charge in [-0.25, -0.2) is 4.39 Å². The Balaban J connectivity index is 1.80. The van der Waals surface area contributed by atoms with Gasteiger partial charge in [0.15, 0.2) is 0 Å². The number of aromatic nitrogens is 2. The van der Waals surface area contributed by atoms with E-state index in [9.17, 15) is 14.0 Å². The molecule has 30 heavy (non-hydrogen) atoms. The van der Waals surface area contributed by atoms with Crippen LogP contribution < -0.4 is 5.73 Å². The van der Waals surface area contributed by atoms with E-state index < -0.39 is 11.9 Å². The summed E-state index contributed by atoms with van der Waals surface area (Å²) in [5, 5.41) is 4.37. The van der Waals surface area contributed by atoms with E-state index in [-0.39, 0.29) is 23.3 Å². The Kier molecular flexibility index (Phi) is 5.30. The zero-order valence-corrected chi connectivity index (χ0v) is 17.1. The van der Waals surface area contributed by atoms with E-state index in [0.29, 0.717) is 40.8 Å². The van der Waals surface area contributed by atoms with Crippen molar-refractivity contribution in [1.82, 2.24) is 14.7 Å². The van der Waals surface area contributed by atoms with Gasteiger partial charge in [-0.2, -0.15) is 5.10 Å². The van der Waals surface area contributed by atoms with E-state index in [4.69, 9.17) is 17.3 Å². The molecule has 0 spiro atoms. The molecule has 0 aliphatic heterocycles. The summed E-state index contributed by atoms with van der Waals surface area (Å²) in [6.45, 7) is 0.140. The molecular weight excluding hydrogens is 407 g/mol. The molecule has 0 saturated heterocycles. The summed E-state index contributed by atoms with van der Waals surface area (Å²) in [5.74, 6) is -1.21. The summed E-state index contributed by atoms with van der Waals surface area (Å²) >= 11 is 6.11. The monoisotopic (exact) mass is 426 g/mol. The molecule has 2 amide bonds. The minimum absolute atomic E-state index is 0.140. The molecule has 8 heteroatoms. The number of benzene rings is 2. The highest BCUT2D eigenvalue weighted by Crippen LogP contribution is 2.40. The Morgan fingerprint density at radius 2 is 2.07 bits per heavy atom. The molecule has 6 nitrogen and oxygen atoms in total. The van der Waals surface area contributed by atoms with Crippen molar-refractivity contribution in [1.29, 1.82) is 0 Å². The molecule has 0 saturated carbocycles. The van der Waals surface area contributed by atoms with Crippen molar-refractivity contribution in [2.24, 2.45) is 12.8 Å². The molecule has 1 atom stereocenters. The van der Waals surface area contributed by atoms with Crippen LogP contribution in [0.3, 0.4) is 0 Å². The number of hydrogen-bond donors (Lipinski definition) is 1. The maximum Gasteiger partial charge on any atom is 0.272 e. The lowest BCUT2D eigenvalue weighted by Gasteiger charge is -2.30. The number of hydrogen-bond acceptors (Lipinski definition) is 3. The van der Waals surface area contributed by atoms with Gasteiger partial charge in [0.25, 0.3) is 5.91 Å². The number of fused-ring (bicyclic) bond motifs is 1. The average molecular weight is 427 g/mol. The molecule has 0 fully saturated rings. The normalized spacial score (nSPS) is 15.1. The molecule has 1 aliphatic carbocycles. The molecule has 1 heterocycles. The summed E-state index contributed by atoms with van der Waals surface area (Å²) in [6.07, 6.45) is 2.59. The van der Waals surface area contributed by atoms with Gasteiger partial charge in [-0.05, 0) is 53.8 Å². The van der Waals surface area contributed by atoms with Crippen molar-refractivity contribution in [2.75, 3.05) is 0 Å². The number of nitrogens with zero attached hydrogens (tertiary/aromatic N) is 3. The highest BCUT2D eigenvalue weighted by Gasteiger charge is 2.35. The zero-order chi connectivity index (χ0) is 21.4. The Bertz CT molecular complexity index is 1140. The molecule has 4 rings (SSSR count). The fourth-order valence-electron chi connectivity index (χ4n) is 4.08. The molecular formula is C22H20ClFN4O2. The largest absolute Gasteiger partial charge is 0.366 e. The lowest BCUT2D eigenvalue weighted by atomic mass is 10.0. The molecule has 0 radical (unpaired) electrons. The van der Waals surface area contributed by atoms with Crippen LogP contribution in [0.2, 0.25) is 5.02 Å². The van der Waals surface area contributed by atoms with Gasteiger partial charge in [-0.3, -0.25) is 14.3 Å². The third-order valence-corrected chi connectivity index (χ3v) is 5.74. The molecule has 154 valence electrons. The number of carbonyl (C=O) groups is 2. The first-order chi connectivity index (χ1) is 14.4. The highest BCUT2D eigenvalue weighted by molar-refractivity contribution is 6.30. The molecule has 1 aromatic heterocycles. The van der Waals surface area contributed by atoms with Crippen LogP contribution in [0.1, 0.15) is 50.0 Å². The molecule has 0 unspecified atom stereocenters. The molecule has 1 aliphatic rings. The average Bonchev–Trinajstić information content (AvgIpc) is 3.32. The second-order valence-electron chi connectivity index (χ2n) is 7.30. The fraction of sp³-hybridized carbons (Fsp3) is 0.227. The first-order valence-electron chi connectivity index (χ1n) is 9.51. The molecule has 3 aromatic rings. The summed E-state index contributed by atoms with van der Waals surface area (Å²) in [4.78, 5) is 27.0. The number of carbonyl (C=O) groups excluding carboxylic acids is 2. The Labute approximate surface area is 178 Å². The van der Waals surface area contributed by atoms with E-state index >= 15 is 0 Å². The molecule has 2 aromatic carbocycles. The van der Waals surface area contributed by atoms with E-state index in [1.807, 2.05) is 0 Å². The van der Waals surface area contributed by atoms with Crippen molar-refractivity contribution in [2.45, 2.75) is 25.4 Å². The number of nitrogens with two attached hydrogens (primary N) is 1. The minimum Gasteiger partial charge on any atom is -0.366 e. The Morgan fingerprint density at radius 3 is 2.77 bits per heavy atom. The van der Waals surface area contributed by atoms with Crippen molar-refractivity contribution in [3.05, 3.63) is 87.4 Å². The van der Waals surface area contributed by atoms with Crippen molar-refractivity contribution in [3.63, 3.8) is 0 Å². The number of amides is 2.